The van der Waals surface area contributed by atoms with Gasteiger partial charge in [0, 0.05) is 11.8 Å². The molecule has 0 aromatic rings. The zero-order valence-corrected chi connectivity index (χ0v) is 22.5. The number of carboxylic acid groups (broad SMARTS) is 2. The lowest BCUT2D eigenvalue weighted by Crippen LogP contribution is -2.57. The average molecular weight is 533 g/mol. The summed E-state index contributed by atoms with van der Waals surface area (Å²) in [6.07, 6.45) is 8.32. The van der Waals surface area contributed by atoms with E-state index in [0.717, 1.165) is 44.2 Å². The number of Topliss-reactive ketones (excluding diaryl/α,β-unsaturated/α-hetero) is 1. The van der Waals surface area contributed by atoms with E-state index in [9.17, 15) is 29.4 Å². The van der Waals surface area contributed by atoms with Crippen molar-refractivity contribution in [2.45, 2.75) is 96.6 Å². The molecule has 10 nitrogen and oxygen atoms in total. The minimum atomic E-state index is -1.30. The highest BCUT2D eigenvalue weighted by atomic mass is 16.6. The number of oxime groups is 1. The highest BCUT2D eigenvalue weighted by molar-refractivity contribution is 5.96. The summed E-state index contributed by atoms with van der Waals surface area (Å²) in [5.41, 5.74) is 0.532. The quantitative estimate of drug-likeness (QED) is 0.329. The number of fused-ring (bicyclic) bond motifs is 5. The first-order valence-corrected chi connectivity index (χ1v) is 13.7. The number of hydrogen-bond donors (Lipinski definition) is 4. The number of ketones is 1. The van der Waals surface area contributed by atoms with Crippen LogP contribution < -0.4 is 5.32 Å². The van der Waals surface area contributed by atoms with Gasteiger partial charge in [-0.05, 0) is 94.0 Å². The third kappa shape index (κ3) is 4.87. The molecular weight excluding hydrogens is 492 g/mol. The minimum absolute atomic E-state index is 0.0242. The fourth-order valence-corrected chi connectivity index (χ4v) is 8.17. The van der Waals surface area contributed by atoms with Crippen molar-refractivity contribution in [3.8, 4) is 0 Å². The predicted molar refractivity (Wildman–Crippen MR) is 137 cm³/mol. The predicted octanol–water partition coefficient (Wildman–Crippen LogP) is 3.08. The van der Waals surface area contributed by atoms with Gasteiger partial charge in [0.05, 0.1) is 5.71 Å². The summed E-state index contributed by atoms with van der Waals surface area (Å²) in [7, 11) is 0. The average Bonchev–Trinajstić information content (AvgIpc) is 3.13. The van der Waals surface area contributed by atoms with Crippen molar-refractivity contribution >= 4 is 29.3 Å². The van der Waals surface area contributed by atoms with Gasteiger partial charge >= 0.3 is 11.9 Å². The third-order valence-electron chi connectivity index (χ3n) is 10.4. The van der Waals surface area contributed by atoms with E-state index in [1.807, 2.05) is 0 Å². The third-order valence-corrected chi connectivity index (χ3v) is 10.4. The van der Waals surface area contributed by atoms with Gasteiger partial charge in [-0.2, -0.15) is 0 Å². The second-order valence-corrected chi connectivity index (χ2v) is 12.2. The highest BCUT2D eigenvalue weighted by Gasteiger charge is 2.65. The molecule has 0 spiro atoms. The summed E-state index contributed by atoms with van der Waals surface area (Å²) < 4.78 is 0. The molecule has 10 heteroatoms. The van der Waals surface area contributed by atoms with Gasteiger partial charge in [0.1, 0.15) is 11.6 Å². The van der Waals surface area contributed by atoms with Crippen LogP contribution >= 0.6 is 0 Å². The van der Waals surface area contributed by atoms with Crippen molar-refractivity contribution in [2.75, 3.05) is 6.61 Å². The van der Waals surface area contributed by atoms with Crippen LogP contribution in [-0.4, -0.2) is 62.9 Å². The number of carbonyl (C=O) groups is 4. The first-order chi connectivity index (χ1) is 17.8. The normalized spacial score (nSPS) is 37.7. The van der Waals surface area contributed by atoms with Gasteiger partial charge < -0.3 is 25.5 Å². The molecule has 0 aliphatic heterocycles. The molecule has 0 saturated heterocycles. The second-order valence-electron chi connectivity index (χ2n) is 12.2. The Balaban J connectivity index is 1.38. The van der Waals surface area contributed by atoms with E-state index in [-0.39, 0.29) is 29.5 Å². The number of aliphatic carboxylic acids is 2. The maximum atomic E-state index is 12.4. The minimum Gasteiger partial charge on any atom is -0.481 e. The molecule has 4 aliphatic carbocycles. The molecule has 0 unspecified atom stereocenters. The molecule has 4 rings (SSSR count). The Morgan fingerprint density at radius 1 is 1.08 bits per heavy atom. The highest BCUT2D eigenvalue weighted by Crippen LogP contribution is 2.67. The van der Waals surface area contributed by atoms with E-state index in [4.69, 9.17) is 9.94 Å². The van der Waals surface area contributed by atoms with Gasteiger partial charge in [0.2, 0.25) is 0 Å². The molecule has 210 valence electrons. The van der Waals surface area contributed by atoms with Crippen LogP contribution in [0.4, 0.5) is 0 Å². The molecule has 0 heterocycles. The van der Waals surface area contributed by atoms with Crippen molar-refractivity contribution in [2.24, 2.45) is 33.7 Å². The van der Waals surface area contributed by atoms with Crippen molar-refractivity contribution in [3.63, 3.8) is 0 Å². The van der Waals surface area contributed by atoms with Crippen LogP contribution in [0.5, 0.6) is 0 Å². The molecule has 0 radical (unpaired) electrons. The van der Waals surface area contributed by atoms with Gasteiger partial charge in [-0.25, -0.2) is 4.79 Å². The summed E-state index contributed by atoms with van der Waals surface area (Å²) in [5, 5.41) is 35.7. The SMILES string of the molecule is CC(=O)[C@@]1(O)CC[C@H]2[C@@H]3CCC4=C/C(=N/OCC(=O)N[C@H](CCC(=O)O)C(=O)O)CC[C@]4(C)[C@H]3CC[C@@]21C. The van der Waals surface area contributed by atoms with Gasteiger partial charge in [0.15, 0.2) is 12.4 Å². The number of carbonyl (C=O) groups excluding carboxylic acids is 2. The Hall–Kier alpha value is -2.75. The largest absolute Gasteiger partial charge is 0.481 e. The molecule has 0 bridgehead atoms. The van der Waals surface area contributed by atoms with Gasteiger partial charge in [-0.1, -0.05) is 24.6 Å². The number of allylic oxidation sites excluding steroid dienone is 2. The molecule has 38 heavy (non-hydrogen) atoms. The van der Waals surface area contributed by atoms with Crippen LogP contribution in [0.25, 0.3) is 0 Å². The molecule has 3 saturated carbocycles. The molecule has 4 aliphatic rings. The summed E-state index contributed by atoms with van der Waals surface area (Å²) in [5.74, 6) is -1.90. The summed E-state index contributed by atoms with van der Waals surface area (Å²) in [4.78, 5) is 51.7. The van der Waals surface area contributed by atoms with Crippen molar-refractivity contribution < 1.29 is 39.3 Å². The number of carboxylic acids is 2. The molecule has 7 atom stereocenters. The smallest absolute Gasteiger partial charge is 0.326 e. The number of amides is 1. The molecule has 0 aromatic carbocycles. The maximum absolute atomic E-state index is 12.4. The van der Waals surface area contributed by atoms with Crippen LogP contribution in [0.1, 0.15) is 85.0 Å². The monoisotopic (exact) mass is 532 g/mol. The topological polar surface area (TPSA) is 163 Å². The number of hydrogen-bond acceptors (Lipinski definition) is 7. The van der Waals surface area contributed by atoms with Crippen LogP contribution in [0.2, 0.25) is 0 Å². The zero-order chi connectivity index (χ0) is 27.9. The Labute approximate surface area is 222 Å². The fourth-order valence-electron chi connectivity index (χ4n) is 8.17. The summed E-state index contributed by atoms with van der Waals surface area (Å²) >= 11 is 0. The Morgan fingerprint density at radius 2 is 1.79 bits per heavy atom. The van der Waals surface area contributed by atoms with E-state index < -0.39 is 36.1 Å². The van der Waals surface area contributed by atoms with Crippen molar-refractivity contribution in [1.82, 2.24) is 5.32 Å². The van der Waals surface area contributed by atoms with E-state index in [1.54, 1.807) is 0 Å². The van der Waals surface area contributed by atoms with E-state index in [2.05, 4.69) is 30.4 Å². The molecule has 4 N–H and O–H groups in total. The number of aliphatic hydroxyl groups is 1. The Morgan fingerprint density at radius 3 is 2.45 bits per heavy atom. The van der Waals surface area contributed by atoms with Crippen LogP contribution in [0, 0.1) is 28.6 Å². The Kier molecular flexibility index (Phi) is 7.76. The molecule has 3 fully saturated rings. The summed E-state index contributed by atoms with van der Waals surface area (Å²) in [6, 6.07) is -1.30. The van der Waals surface area contributed by atoms with Crippen molar-refractivity contribution in [1.29, 1.82) is 0 Å². The van der Waals surface area contributed by atoms with E-state index >= 15 is 0 Å². The lowest BCUT2D eigenvalue weighted by atomic mass is 9.46. The van der Waals surface area contributed by atoms with Gasteiger partial charge in [0.25, 0.3) is 5.91 Å². The van der Waals surface area contributed by atoms with E-state index in [0.29, 0.717) is 30.6 Å². The number of nitrogens with one attached hydrogen (secondary N) is 1. The maximum Gasteiger partial charge on any atom is 0.326 e. The zero-order valence-electron chi connectivity index (χ0n) is 22.5. The lowest BCUT2D eigenvalue weighted by molar-refractivity contribution is -0.159. The molecule has 1 amide bonds. The van der Waals surface area contributed by atoms with Crippen LogP contribution in [0.3, 0.4) is 0 Å². The van der Waals surface area contributed by atoms with Crippen LogP contribution in [-0.2, 0) is 24.0 Å². The second kappa shape index (κ2) is 10.4. The summed E-state index contributed by atoms with van der Waals surface area (Å²) in [6.45, 7) is 5.53. The van der Waals surface area contributed by atoms with E-state index in [1.165, 1.54) is 12.5 Å². The fraction of sp³-hybridized carbons (Fsp3) is 0.750. The van der Waals surface area contributed by atoms with Gasteiger partial charge in [-0.15, -0.1) is 0 Å². The molecular formula is C28H40N2O8. The standard InChI is InChI=1S/C28H40N2O8/c1-16(31)28(37)13-10-21-19-5-4-17-14-18(8-11-26(17,2)20(19)9-12-27(21,28)3)30-38-15-23(32)29-22(25(35)36)6-7-24(33)34/h14,19-22,37H,4-13,15H2,1-3H3,(H,29,32)(H,33,34)(H,35,36)/b30-18+/t19-,20+,21+,22-,26+,27+,28+/m1/s1. The first kappa shape index (κ1) is 28.3. The lowest BCUT2D eigenvalue weighted by Gasteiger charge is -2.59. The number of nitrogens with zero attached hydrogens (tertiary/aromatic N) is 1. The first-order valence-electron chi connectivity index (χ1n) is 13.7. The van der Waals surface area contributed by atoms with Gasteiger partial charge in [-0.3, -0.25) is 14.4 Å². The van der Waals surface area contributed by atoms with Crippen molar-refractivity contribution in [3.05, 3.63) is 11.6 Å². The number of rotatable bonds is 9. The van der Waals surface area contributed by atoms with Crippen LogP contribution in [0.15, 0.2) is 16.8 Å². The molecule has 0 aromatic heterocycles. The Bertz CT molecular complexity index is 1070.